The zero-order chi connectivity index (χ0) is 21.8. The number of nitrogens with one attached hydrogen (secondary N) is 3. The first-order chi connectivity index (χ1) is 15.0. The molecule has 3 N–H and O–H groups in total. The van der Waals surface area contributed by atoms with Gasteiger partial charge in [0.05, 0.1) is 23.5 Å². The number of halogens is 1. The van der Waals surface area contributed by atoms with Crippen LogP contribution in [0, 0.1) is 12.7 Å². The standard InChI is InChI=1S/C23H26FN5O2/c1-15-4-2-7-18-22(15)28-20(27-18)8-9-25-21(30)13-19-23(31)26-10-11-29(19)14-16-5-3-6-17(24)12-16/h2-7,12,19H,8-11,13-14H2,1H3,(H,25,30)(H,26,31)(H,27,28). The molecule has 162 valence electrons. The number of imidazole rings is 1. The molecule has 1 saturated heterocycles. The van der Waals surface area contributed by atoms with E-state index in [0.29, 0.717) is 32.6 Å². The van der Waals surface area contributed by atoms with Crippen LogP contribution in [-0.2, 0) is 22.6 Å². The van der Waals surface area contributed by atoms with E-state index in [1.807, 2.05) is 36.1 Å². The zero-order valence-electron chi connectivity index (χ0n) is 17.5. The summed E-state index contributed by atoms with van der Waals surface area (Å²) in [4.78, 5) is 34.7. The van der Waals surface area contributed by atoms with Gasteiger partial charge < -0.3 is 15.6 Å². The van der Waals surface area contributed by atoms with Crippen LogP contribution in [-0.4, -0.2) is 52.4 Å². The molecule has 8 heteroatoms. The van der Waals surface area contributed by atoms with E-state index in [1.165, 1.54) is 12.1 Å². The Kier molecular flexibility index (Phi) is 6.27. The molecule has 31 heavy (non-hydrogen) atoms. The summed E-state index contributed by atoms with van der Waals surface area (Å²) in [5, 5.41) is 5.70. The second-order valence-electron chi connectivity index (χ2n) is 7.87. The van der Waals surface area contributed by atoms with Gasteiger partial charge in [-0.25, -0.2) is 9.37 Å². The van der Waals surface area contributed by atoms with Crippen molar-refractivity contribution in [2.75, 3.05) is 19.6 Å². The number of aromatic amines is 1. The molecule has 2 amide bonds. The van der Waals surface area contributed by atoms with Crippen LogP contribution >= 0.6 is 0 Å². The minimum Gasteiger partial charge on any atom is -0.356 e. The van der Waals surface area contributed by atoms with E-state index in [2.05, 4.69) is 20.6 Å². The third kappa shape index (κ3) is 5.08. The summed E-state index contributed by atoms with van der Waals surface area (Å²) < 4.78 is 13.5. The first-order valence-electron chi connectivity index (χ1n) is 10.5. The maximum absolute atomic E-state index is 13.5. The molecule has 0 bridgehead atoms. The first-order valence-corrected chi connectivity index (χ1v) is 10.5. The number of carbonyl (C=O) groups excluding carboxylic acids is 2. The average molecular weight is 423 g/mol. The Morgan fingerprint density at radius 3 is 2.94 bits per heavy atom. The summed E-state index contributed by atoms with van der Waals surface area (Å²) in [5.41, 5.74) is 3.80. The van der Waals surface area contributed by atoms with Gasteiger partial charge in [-0.15, -0.1) is 0 Å². The smallest absolute Gasteiger partial charge is 0.237 e. The molecule has 1 aliphatic rings. The lowest BCUT2D eigenvalue weighted by atomic mass is 10.1. The van der Waals surface area contributed by atoms with Gasteiger partial charge >= 0.3 is 0 Å². The third-order valence-corrected chi connectivity index (χ3v) is 5.54. The van der Waals surface area contributed by atoms with Gasteiger partial charge in [0, 0.05) is 32.6 Å². The van der Waals surface area contributed by atoms with Crippen molar-refractivity contribution < 1.29 is 14.0 Å². The summed E-state index contributed by atoms with van der Waals surface area (Å²) >= 11 is 0. The second-order valence-corrected chi connectivity index (χ2v) is 7.87. The first kappa shape index (κ1) is 21.0. The van der Waals surface area contributed by atoms with Gasteiger partial charge in [-0.2, -0.15) is 0 Å². The normalized spacial score (nSPS) is 17.0. The van der Waals surface area contributed by atoms with Gasteiger partial charge in [-0.1, -0.05) is 24.3 Å². The lowest BCUT2D eigenvalue weighted by molar-refractivity contribution is -0.134. The highest BCUT2D eigenvalue weighted by Gasteiger charge is 2.31. The number of rotatable bonds is 7. The molecule has 4 rings (SSSR count). The maximum Gasteiger partial charge on any atom is 0.237 e. The number of hydrogen-bond donors (Lipinski definition) is 3. The van der Waals surface area contributed by atoms with Crippen LogP contribution < -0.4 is 10.6 Å². The Labute approximate surface area is 180 Å². The molecule has 0 spiro atoms. The number of para-hydroxylation sites is 1. The molecule has 1 aliphatic heterocycles. The number of hydrogen-bond acceptors (Lipinski definition) is 4. The molecular formula is C23H26FN5O2. The van der Waals surface area contributed by atoms with E-state index < -0.39 is 6.04 Å². The van der Waals surface area contributed by atoms with Gasteiger partial charge in [0.25, 0.3) is 0 Å². The third-order valence-electron chi connectivity index (χ3n) is 5.54. The fourth-order valence-electron chi connectivity index (χ4n) is 3.96. The van der Waals surface area contributed by atoms with Gasteiger partial charge in [-0.3, -0.25) is 14.5 Å². The summed E-state index contributed by atoms with van der Waals surface area (Å²) in [6.07, 6.45) is 0.629. The Morgan fingerprint density at radius 1 is 1.29 bits per heavy atom. The van der Waals surface area contributed by atoms with E-state index in [-0.39, 0.29) is 24.1 Å². The van der Waals surface area contributed by atoms with Gasteiger partial charge in [-0.05, 0) is 36.2 Å². The van der Waals surface area contributed by atoms with Crippen LogP contribution in [0.3, 0.4) is 0 Å². The molecule has 3 aromatic rings. The van der Waals surface area contributed by atoms with Crippen molar-refractivity contribution in [2.45, 2.75) is 32.4 Å². The van der Waals surface area contributed by atoms with Crippen molar-refractivity contribution >= 4 is 22.8 Å². The SMILES string of the molecule is Cc1cccc2[nH]c(CCNC(=O)CC3C(=O)NCCN3Cc3cccc(F)c3)nc12. The summed E-state index contributed by atoms with van der Waals surface area (Å²) in [5.74, 6) is 0.130. The Hall–Kier alpha value is -3.26. The van der Waals surface area contributed by atoms with Crippen molar-refractivity contribution in [2.24, 2.45) is 0 Å². The maximum atomic E-state index is 13.5. The second kappa shape index (κ2) is 9.26. The number of piperazine rings is 1. The number of benzene rings is 2. The predicted molar refractivity (Wildman–Crippen MR) is 116 cm³/mol. The highest BCUT2D eigenvalue weighted by Crippen LogP contribution is 2.16. The average Bonchev–Trinajstić information content (AvgIpc) is 3.15. The van der Waals surface area contributed by atoms with E-state index >= 15 is 0 Å². The van der Waals surface area contributed by atoms with Crippen molar-refractivity contribution in [3.05, 3.63) is 65.2 Å². The van der Waals surface area contributed by atoms with Crippen LogP contribution in [0.4, 0.5) is 4.39 Å². The van der Waals surface area contributed by atoms with Gasteiger partial charge in [0.1, 0.15) is 11.6 Å². The Morgan fingerprint density at radius 2 is 2.13 bits per heavy atom. The van der Waals surface area contributed by atoms with Crippen LogP contribution in [0.15, 0.2) is 42.5 Å². The van der Waals surface area contributed by atoms with Crippen LogP contribution in [0.2, 0.25) is 0 Å². The molecule has 1 aromatic heterocycles. The minimum absolute atomic E-state index is 0.0559. The molecule has 0 saturated carbocycles. The molecular weight excluding hydrogens is 397 g/mol. The lowest BCUT2D eigenvalue weighted by Crippen LogP contribution is -2.56. The fraction of sp³-hybridized carbons (Fsp3) is 0.348. The molecule has 2 aromatic carbocycles. The highest BCUT2D eigenvalue weighted by molar-refractivity contribution is 5.88. The number of carbonyl (C=O) groups is 2. The monoisotopic (exact) mass is 423 g/mol. The molecule has 1 fully saturated rings. The Balaban J connectivity index is 1.33. The number of nitrogens with zero attached hydrogens (tertiary/aromatic N) is 2. The van der Waals surface area contributed by atoms with Crippen molar-refractivity contribution in [3.8, 4) is 0 Å². The number of fused-ring (bicyclic) bond motifs is 1. The summed E-state index contributed by atoms with van der Waals surface area (Å²) in [6, 6.07) is 11.7. The number of H-pyrrole nitrogens is 1. The van der Waals surface area contributed by atoms with Crippen LogP contribution in [0.25, 0.3) is 11.0 Å². The van der Waals surface area contributed by atoms with E-state index in [0.717, 1.165) is 28.0 Å². The number of amides is 2. The number of aryl methyl sites for hydroxylation is 1. The zero-order valence-corrected chi connectivity index (χ0v) is 17.5. The van der Waals surface area contributed by atoms with Crippen molar-refractivity contribution in [3.63, 3.8) is 0 Å². The van der Waals surface area contributed by atoms with Crippen molar-refractivity contribution in [1.82, 2.24) is 25.5 Å². The van der Waals surface area contributed by atoms with E-state index in [1.54, 1.807) is 6.07 Å². The van der Waals surface area contributed by atoms with Crippen LogP contribution in [0.5, 0.6) is 0 Å². The fourth-order valence-corrected chi connectivity index (χ4v) is 3.96. The largest absolute Gasteiger partial charge is 0.356 e. The quantitative estimate of drug-likeness (QED) is 0.543. The summed E-state index contributed by atoms with van der Waals surface area (Å²) in [7, 11) is 0. The molecule has 0 radical (unpaired) electrons. The van der Waals surface area contributed by atoms with Crippen LogP contribution in [0.1, 0.15) is 23.4 Å². The predicted octanol–water partition coefficient (Wildman–Crippen LogP) is 2.06. The number of aromatic nitrogens is 2. The molecule has 0 aliphatic carbocycles. The van der Waals surface area contributed by atoms with Gasteiger partial charge in [0.2, 0.25) is 11.8 Å². The highest BCUT2D eigenvalue weighted by atomic mass is 19.1. The summed E-state index contributed by atoms with van der Waals surface area (Å²) in [6.45, 7) is 3.98. The van der Waals surface area contributed by atoms with E-state index in [9.17, 15) is 14.0 Å². The molecule has 2 heterocycles. The molecule has 7 nitrogen and oxygen atoms in total. The lowest BCUT2D eigenvalue weighted by Gasteiger charge is -2.34. The van der Waals surface area contributed by atoms with Gasteiger partial charge in [0.15, 0.2) is 0 Å². The minimum atomic E-state index is -0.578. The van der Waals surface area contributed by atoms with E-state index in [4.69, 9.17) is 0 Å². The Bertz CT molecular complexity index is 1100. The van der Waals surface area contributed by atoms with Crippen molar-refractivity contribution in [1.29, 1.82) is 0 Å². The topological polar surface area (TPSA) is 90.1 Å². The molecule has 1 unspecified atom stereocenters. The molecule has 1 atom stereocenters.